The molecule has 2 N–H and O–H groups in total. The van der Waals surface area contributed by atoms with Crippen LogP contribution in [0, 0.1) is 21.4 Å². The number of carbonyl (C=O) groups is 1. The van der Waals surface area contributed by atoms with Crippen molar-refractivity contribution in [1.82, 2.24) is 15.2 Å². The number of rotatable bonds is 4. The molecule has 0 bridgehead atoms. The number of aryl methyl sites for hydroxylation is 1. The smallest absolute Gasteiger partial charge is 0.295 e. The lowest BCUT2D eigenvalue weighted by molar-refractivity contribution is -0.383. The molecule has 106 valence electrons. The van der Waals surface area contributed by atoms with Crippen molar-refractivity contribution in [2.75, 3.05) is 5.32 Å². The first kappa shape index (κ1) is 14.1. The number of H-pyrrole nitrogens is 1. The molecule has 1 heterocycles. The summed E-state index contributed by atoms with van der Waals surface area (Å²) < 4.78 is 0. The van der Waals surface area contributed by atoms with E-state index in [-0.39, 0.29) is 22.8 Å². The van der Waals surface area contributed by atoms with Gasteiger partial charge in [-0.25, -0.2) is 4.98 Å². The number of aromatic nitrogens is 3. The lowest BCUT2D eigenvalue weighted by Crippen LogP contribution is -2.15. The van der Waals surface area contributed by atoms with Crippen molar-refractivity contribution < 1.29 is 9.72 Å². The number of anilines is 1. The van der Waals surface area contributed by atoms with Gasteiger partial charge in [0, 0.05) is 12.5 Å². The van der Waals surface area contributed by atoms with Crippen LogP contribution in [0.25, 0.3) is 0 Å². The molecule has 2 rings (SSSR count). The molecule has 9 heteroatoms. The number of carbonyl (C=O) groups excluding carboxylic acids is 1. The number of hydrogen-bond acceptors (Lipinski definition) is 6. The molecule has 21 heavy (non-hydrogen) atoms. The number of nitrogens with one attached hydrogen (secondary N) is 2. The van der Waals surface area contributed by atoms with Crippen LogP contribution in [0.2, 0.25) is 0 Å². The third kappa shape index (κ3) is 3.01. The number of nitro benzene ring substituents is 1. The zero-order chi connectivity index (χ0) is 15.4. The topological polar surface area (TPSA) is 138 Å². The van der Waals surface area contributed by atoms with E-state index in [9.17, 15) is 14.9 Å². The molecule has 2 aromatic rings. The number of nitrogens with zero attached hydrogens (tertiary/aromatic N) is 4. The highest BCUT2D eigenvalue weighted by atomic mass is 16.6. The SMILES string of the molecule is CCc1nc(C(=O)Nc2ccc(C#N)cc2[N+](=O)[O-])n[nH]1. The maximum atomic E-state index is 11.9. The van der Waals surface area contributed by atoms with E-state index in [0.717, 1.165) is 6.07 Å². The highest BCUT2D eigenvalue weighted by Crippen LogP contribution is 2.25. The van der Waals surface area contributed by atoms with Crippen LogP contribution in [-0.2, 0) is 6.42 Å². The van der Waals surface area contributed by atoms with Crippen LogP contribution in [0.3, 0.4) is 0 Å². The summed E-state index contributed by atoms with van der Waals surface area (Å²) >= 11 is 0. The molecule has 1 aromatic carbocycles. The van der Waals surface area contributed by atoms with Gasteiger partial charge in [-0.2, -0.15) is 5.26 Å². The van der Waals surface area contributed by atoms with Gasteiger partial charge < -0.3 is 5.32 Å². The van der Waals surface area contributed by atoms with Crippen LogP contribution in [0.5, 0.6) is 0 Å². The average molecular weight is 286 g/mol. The number of nitro groups is 1. The van der Waals surface area contributed by atoms with Crippen LogP contribution in [0.1, 0.15) is 28.9 Å². The van der Waals surface area contributed by atoms with Crippen molar-refractivity contribution >= 4 is 17.3 Å². The van der Waals surface area contributed by atoms with Crippen LogP contribution in [0.15, 0.2) is 18.2 Å². The molecule has 0 spiro atoms. The van der Waals surface area contributed by atoms with E-state index in [2.05, 4.69) is 20.5 Å². The van der Waals surface area contributed by atoms with Gasteiger partial charge in [-0.1, -0.05) is 6.92 Å². The molecule has 0 atom stereocenters. The van der Waals surface area contributed by atoms with Crippen LogP contribution in [-0.4, -0.2) is 26.0 Å². The van der Waals surface area contributed by atoms with Crippen LogP contribution < -0.4 is 5.32 Å². The fourth-order valence-electron chi connectivity index (χ4n) is 1.59. The Kier molecular flexibility index (Phi) is 3.90. The van der Waals surface area contributed by atoms with E-state index in [0.29, 0.717) is 12.2 Å². The number of amides is 1. The van der Waals surface area contributed by atoms with Crippen molar-refractivity contribution in [3.63, 3.8) is 0 Å². The highest BCUT2D eigenvalue weighted by Gasteiger charge is 2.19. The second-order valence-electron chi connectivity index (χ2n) is 4.01. The normalized spacial score (nSPS) is 9.90. The number of nitriles is 1. The lowest BCUT2D eigenvalue weighted by atomic mass is 10.2. The predicted octanol–water partition coefficient (Wildman–Crippen LogP) is 1.40. The quantitative estimate of drug-likeness (QED) is 0.643. The lowest BCUT2D eigenvalue weighted by Gasteiger charge is -2.03. The minimum atomic E-state index is -0.675. The Labute approximate surface area is 118 Å². The molecule has 0 saturated carbocycles. The van der Waals surface area contributed by atoms with Crippen LogP contribution in [0.4, 0.5) is 11.4 Å². The van der Waals surface area contributed by atoms with Gasteiger partial charge in [0.15, 0.2) is 0 Å². The van der Waals surface area contributed by atoms with Crippen molar-refractivity contribution in [3.05, 3.63) is 45.5 Å². The third-order valence-corrected chi connectivity index (χ3v) is 2.64. The van der Waals surface area contributed by atoms with Gasteiger partial charge in [-0.15, -0.1) is 5.10 Å². The molecule has 1 aromatic heterocycles. The molecule has 0 radical (unpaired) electrons. The van der Waals surface area contributed by atoms with Gasteiger partial charge in [0.05, 0.1) is 16.6 Å². The van der Waals surface area contributed by atoms with Crippen molar-refractivity contribution in [1.29, 1.82) is 5.26 Å². The summed E-state index contributed by atoms with van der Waals surface area (Å²) in [6.45, 7) is 1.84. The molecule has 1 amide bonds. The van der Waals surface area contributed by atoms with Crippen molar-refractivity contribution in [2.24, 2.45) is 0 Å². The Balaban J connectivity index is 2.28. The first-order chi connectivity index (χ1) is 10.0. The Morgan fingerprint density at radius 2 is 2.33 bits per heavy atom. The van der Waals surface area contributed by atoms with Gasteiger partial charge in [0.25, 0.3) is 11.6 Å². The summed E-state index contributed by atoms with van der Waals surface area (Å²) in [7, 11) is 0. The number of aromatic amines is 1. The minimum Gasteiger partial charge on any atom is -0.313 e. The van der Waals surface area contributed by atoms with E-state index in [1.807, 2.05) is 6.92 Å². The molecule has 0 unspecified atom stereocenters. The van der Waals surface area contributed by atoms with Gasteiger partial charge in [-0.3, -0.25) is 20.0 Å². The Hall–Kier alpha value is -3.28. The molecule has 0 aliphatic heterocycles. The average Bonchev–Trinajstić information content (AvgIpc) is 2.96. The molecule has 0 saturated heterocycles. The van der Waals surface area contributed by atoms with Gasteiger partial charge in [0.1, 0.15) is 11.5 Å². The Morgan fingerprint density at radius 1 is 1.57 bits per heavy atom. The fourth-order valence-corrected chi connectivity index (χ4v) is 1.59. The largest absolute Gasteiger partial charge is 0.313 e. The summed E-state index contributed by atoms with van der Waals surface area (Å²) in [5, 5.41) is 28.4. The maximum absolute atomic E-state index is 11.9. The second kappa shape index (κ2) is 5.79. The number of benzene rings is 1. The monoisotopic (exact) mass is 286 g/mol. The van der Waals surface area contributed by atoms with E-state index in [1.54, 1.807) is 6.07 Å². The molecule has 9 nitrogen and oxygen atoms in total. The number of hydrogen-bond donors (Lipinski definition) is 2. The fraction of sp³-hybridized carbons (Fsp3) is 0.167. The summed E-state index contributed by atoms with van der Waals surface area (Å²) in [6.07, 6.45) is 0.581. The summed E-state index contributed by atoms with van der Waals surface area (Å²) in [4.78, 5) is 26.2. The first-order valence-corrected chi connectivity index (χ1v) is 5.96. The van der Waals surface area contributed by atoms with E-state index < -0.39 is 10.8 Å². The van der Waals surface area contributed by atoms with Crippen LogP contribution >= 0.6 is 0 Å². The highest BCUT2D eigenvalue weighted by molar-refractivity contribution is 6.02. The van der Waals surface area contributed by atoms with Crippen molar-refractivity contribution in [2.45, 2.75) is 13.3 Å². The molecule has 0 aliphatic rings. The molecule has 0 aliphatic carbocycles. The van der Waals surface area contributed by atoms with Crippen molar-refractivity contribution in [3.8, 4) is 6.07 Å². The van der Waals surface area contributed by atoms with E-state index >= 15 is 0 Å². The summed E-state index contributed by atoms with van der Waals surface area (Å²) in [5.74, 6) is -0.237. The summed E-state index contributed by atoms with van der Waals surface area (Å²) in [6, 6.07) is 5.55. The standard InChI is InChI=1S/C12H10N6O3/c1-2-10-15-11(17-16-10)12(19)14-8-4-3-7(6-13)5-9(8)18(20)21/h3-5H,2H2,1H3,(H,14,19)(H,15,16,17). The second-order valence-corrected chi connectivity index (χ2v) is 4.01. The zero-order valence-electron chi connectivity index (χ0n) is 11.0. The minimum absolute atomic E-state index is 0.0214. The third-order valence-electron chi connectivity index (χ3n) is 2.64. The van der Waals surface area contributed by atoms with E-state index in [1.165, 1.54) is 12.1 Å². The predicted molar refractivity (Wildman–Crippen MR) is 71.5 cm³/mol. The molecule has 0 fully saturated rings. The van der Waals surface area contributed by atoms with Gasteiger partial charge in [0.2, 0.25) is 5.82 Å². The van der Waals surface area contributed by atoms with E-state index in [4.69, 9.17) is 5.26 Å². The Bertz CT molecular complexity index is 746. The van der Waals surface area contributed by atoms with Gasteiger partial charge in [-0.05, 0) is 12.1 Å². The molecular formula is C12H10N6O3. The summed E-state index contributed by atoms with van der Waals surface area (Å²) in [5.41, 5.74) is -0.258. The van der Waals surface area contributed by atoms with Gasteiger partial charge >= 0.3 is 0 Å². The maximum Gasteiger partial charge on any atom is 0.295 e. The zero-order valence-corrected chi connectivity index (χ0v) is 11.0. The Morgan fingerprint density at radius 3 is 2.90 bits per heavy atom. The molecular weight excluding hydrogens is 276 g/mol. The first-order valence-electron chi connectivity index (χ1n) is 5.96.